The van der Waals surface area contributed by atoms with E-state index in [4.69, 9.17) is 4.74 Å². The SMILES string of the molecule is C=C(C)C(=O)Oc1ccc2cc(C(=O)NS(=O)(=O)C(F)(F)F)ccc2c1. The number of alkyl halides is 3. The summed E-state index contributed by atoms with van der Waals surface area (Å²) in [5.41, 5.74) is -5.68. The molecule has 138 valence electrons. The highest BCUT2D eigenvalue weighted by molar-refractivity contribution is 7.90. The van der Waals surface area contributed by atoms with Crippen molar-refractivity contribution in [3.05, 3.63) is 54.1 Å². The van der Waals surface area contributed by atoms with Gasteiger partial charge in [-0.1, -0.05) is 18.7 Å². The molecular weight excluding hydrogens is 375 g/mol. The van der Waals surface area contributed by atoms with Gasteiger partial charge in [0, 0.05) is 11.1 Å². The molecule has 2 rings (SSSR count). The Morgan fingerprint density at radius 1 is 1.08 bits per heavy atom. The van der Waals surface area contributed by atoms with Crippen LogP contribution in [0.5, 0.6) is 5.75 Å². The Hall–Kier alpha value is -2.88. The predicted molar refractivity (Wildman–Crippen MR) is 86.8 cm³/mol. The fraction of sp³-hybridized carbons (Fsp3) is 0.125. The van der Waals surface area contributed by atoms with Gasteiger partial charge in [0.25, 0.3) is 5.91 Å². The van der Waals surface area contributed by atoms with Crippen molar-refractivity contribution in [3.63, 3.8) is 0 Å². The average Bonchev–Trinajstić information content (AvgIpc) is 2.52. The van der Waals surface area contributed by atoms with E-state index in [9.17, 15) is 31.2 Å². The van der Waals surface area contributed by atoms with Gasteiger partial charge >= 0.3 is 21.5 Å². The van der Waals surface area contributed by atoms with Crippen molar-refractivity contribution in [1.82, 2.24) is 4.72 Å². The zero-order valence-corrected chi connectivity index (χ0v) is 14.1. The third kappa shape index (κ3) is 4.20. The molecule has 1 amide bonds. The first kappa shape index (κ1) is 19.4. The summed E-state index contributed by atoms with van der Waals surface area (Å²) < 4.78 is 64.9. The lowest BCUT2D eigenvalue weighted by Crippen LogP contribution is -2.40. The second-order valence-corrected chi connectivity index (χ2v) is 6.95. The van der Waals surface area contributed by atoms with Crippen LogP contribution in [0.25, 0.3) is 10.8 Å². The molecule has 2 aromatic carbocycles. The molecule has 0 aliphatic heterocycles. The normalized spacial score (nSPS) is 11.8. The van der Waals surface area contributed by atoms with Gasteiger partial charge in [-0.25, -0.2) is 9.52 Å². The van der Waals surface area contributed by atoms with Gasteiger partial charge in [-0.2, -0.15) is 21.6 Å². The lowest BCUT2D eigenvalue weighted by atomic mass is 10.1. The summed E-state index contributed by atoms with van der Waals surface area (Å²) in [6.07, 6.45) is 0. The maximum absolute atomic E-state index is 12.3. The number of rotatable bonds is 4. The molecule has 0 atom stereocenters. The van der Waals surface area contributed by atoms with E-state index in [0.717, 1.165) is 10.8 Å². The molecule has 10 heteroatoms. The molecule has 6 nitrogen and oxygen atoms in total. The van der Waals surface area contributed by atoms with Crippen LogP contribution in [0.15, 0.2) is 48.6 Å². The number of sulfonamides is 1. The topological polar surface area (TPSA) is 89.5 Å². The highest BCUT2D eigenvalue weighted by Gasteiger charge is 2.47. The number of benzene rings is 2. The van der Waals surface area contributed by atoms with Gasteiger partial charge in [-0.15, -0.1) is 0 Å². The molecule has 0 aromatic heterocycles. The molecule has 26 heavy (non-hydrogen) atoms. The minimum atomic E-state index is -5.79. The summed E-state index contributed by atoms with van der Waals surface area (Å²) in [6, 6.07) is 8.09. The van der Waals surface area contributed by atoms with Gasteiger partial charge in [-0.05, 0) is 42.0 Å². The van der Waals surface area contributed by atoms with Crippen LogP contribution < -0.4 is 9.46 Å². The number of nitrogens with one attached hydrogen (secondary N) is 1. The predicted octanol–water partition coefficient (Wildman–Crippen LogP) is 2.90. The van der Waals surface area contributed by atoms with Crippen LogP contribution in [-0.2, 0) is 14.8 Å². The number of amides is 1. The maximum atomic E-state index is 12.3. The fourth-order valence-electron chi connectivity index (χ4n) is 1.86. The molecule has 0 spiro atoms. The Labute approximate surface area is 146 Å². The molecule has 0 aliphatic rings. The van der Waals surface area contributed by atoms with Crippen LogP contribution in [0, 0.1) is 0 Å². The van der Waals surface area contributed by atoms with Crippen LogP contribution in [0.4, 0.5) is 13.2 Å². The highest BCUT2D eigenvalue weighted by atomic mass is 32.2. The lowest BCUT2D eigenvalue weighted by Gasteiger charge is -2.10. The summed E-state index contributed by atoms with van der Waals surface area (Å²) in [6.45, 7) is 4.92. The molecule has 0 saturated carbocycles. The van der Waals surface area contributed by atoms with Gasteiger partial charge in [0.2, 0.25) is 0 Å². The molecule has 0 heterocycles. The van der Waals surface area contributed by atoms with Crippen molar-refractivity contribution in [2.24, 2.45) is 0 Å². The summed E-state index contributed by atoms with van der Waals surface area (Å²) in [7, 11) is -5.79. The van der Waals surface area contributed by atoms with Crippen molar-refractivity contribution in [2.45, 2.75) is 12.4 Å². The highest BCUT2D eigenvalue weighted by Crippen LogP contribution is 2.24. The number of halogens is 3. The fourth-order valence-corrected chi connectivity index (χ4v) is 2.34. The van der Waals surface area contributed by atoms with E-state index in [1.807, 2.05) is 0 Å². The number of fused-ring (bicyclic) bond motifs is 1. The number of ether oxygens (including phenoxy) is 1. The summed E-state index contributed by atoms with van der Waals surface area (Å²) in [4.78, 5) is 23.3. The Balaban J connectivity index is 2.28. The van der Waals surface area contributed by atoms with Gasteiger partial charge < -0.3 is 4.74 Å². The van der Waals surface area contributed by atoms with Crippen molar-refractivity contribution in [3.8, 4) is 5.75 Å². The molecular formula is C16H12F3NO5S. The van der Waals surface area contributed by atoms with E-state index in [-0.39, 0.29) is 16.9 Å². The summed E-state index contributed by atoms with van der Waals surface area (Å²) in [5.74, 6) is -1.83. The second kappa shape index (κ2) is 6.79. The quantitative estimate of drug-likeness (QED) is 0.495. The molecule has 0 saturated heterocycles. The zero-order valence-electron chi connectivity index (χ0n) is 13.3. The van der Waals surface area contributed by atoms with Crippen molar-refractivity contribution < 1.29 is 35.9 Å². The number of hydrogen-bond donors (Lipinski definition) is 1. The average molecular weight is 387 g/mol. The van der Waals surface area contributed by atoms with E-state index >= 15 is 0 Å². The zero-order chi connectivity index (χ0) is 19.7. The Morgan fingerprint density at radius 2 is 1.65 bits per heavy atom. The summed E-state index contributed by atoms with van der Waals surface area (Å²) >= 11 is 0. The van der Waals surface area contributed by atoms with Gasteiger partial charge in [0.15, 0.2) is 0 Å². The Morgan fingerprint density at radius 3 is 2.23 bits per heavy atom. The third-order valence-electron chi connectivity index (χ3n) is 3.16. The van der Waals surface area contributed by atoms with Crippen LogP contribution in [-0.4, -0.2) is 25.8 Å². The molecule has 0 radical (unpaired) electrons. The molecule has 0 aliphatic carbocycles. The number of hydrogen-bond acceptors (Lipinski definition) is 5. The number of carbonyl (C=O) groups is 2. The minimum absolute atomic E-state index is 0.197. The van der Waals surface area contributed by atoms with E-state index < -0.39 is 27.4 Å². The maximum Gasteiger partial charge on any atom is 0.516 e. The standard InChI is InChI=1S/C16H12F3NO5S/c1-9(2)15(22)25-13-6-5-10-7-12(4-3-11(10)8-13)14(21)20-26(23,24)16(17,18)19/h3-8H,1H2,2H3,(H,20,21). The minimum Gasteiger partial charge on any atom is -0.423 e. The van der Waals surface area contributed by atoms with Crippen molar-refractivity contribution >= 4 is 32.7 Å². The van der Waals surface area contributed by atoms with Crippen LogP contribution >= 0.6 is 0 Å². The molecule has 0 fully saturated rings. The van der Waals surface area contributed by atoms with Gasteiger partial charge in [0.05, 0.1) is 0 Å². The first-order valence-electron chi connectivity index (χ1n) is 6.95. The first-order chi connectivity index (χ1) is 11.9. The smallest absolute Gasteiger partial charge is 0.423 e. The lowest BCUT2D eigenvalue weighted by molar-refractivity contribution is -0.130. The van der Waals surface area contributed by atoms with Gasteiger partial charge in [0.1, 0.15) is 5.75 Å². The van der Waals surface area contributed by atoms with Crippen LogP contribution in [0.2, 0.25) is 0 Å². The largest absolute Gasteiger partial charge is 0.516 e. The van der Waals surface area contributed by atoms with Crippen molar-refractivity contribution in [2.75, 3.05) is 0 Å². The summed E-state index contributed by atoms with van der Waals surface area (Å²) in [5, 5.41) is 0.949. The van der Waals surface area contributed by atoms with E-state index in [1.54, 1.807) is 0 Å². The van der Waals surface area contributed by atoms with Crippen LogP contribution in [0.3, 0.4) is 0 Å². The third-order valence-corrected chi connectivity index (χ3v) is 4.23. The van der Waals surface area contributed by atoms with Crippen LogP contribution in [0.1, 0.15) is 17.3 Å². The Kier molecular flexibility index (Phi) is 5.08. The molecule has 2 aromatic rings. The van der Waals surface area contributed by atoms with Crippen molar-refractivity contribution in [1.29, 1.82) is 0 Å². The molecule has 0 bridgehead atoms. The molecule has 0 unspecified atom stereocenters. The van der Waals surface area contributed by atoms with Gasteiger partial charge in [-0.3, -0.25) is 4.79 Å². The van der Waals surface area contributed by atoms with E-state index in [1.165, 1.54) is 37.3 Å². The molecule has 1 N–H and O–H groups in total. The van der Waals surface area contributed by atoms with E-state index in [2.05, 4.69) is 6.58 Å². The second-order valence-electron chi connectivity index (χ2n) is 5.27. The Bertz CT molecular complexity index is 1010. The number of esters is 1. The van der Waals surface area contributed by atoms with E-state index in [0.29, 0.717) is 10.8 Å². The first-order valence-corrected chi connectivity index (χ1v) is 8.44. The monoisotopic (exact) mass is 387 g/mol. The number of carbonyl (C=O) groups excluding carboxylic acids is 2.